The van der Waals surface area contributed by atoms with E-state index in [1.54, 1.807) is 6.92 Å². The van der Waals surface area contributed by atoms with Crippen molar-refractivity contribution in [1.82, 2.24) is 4.98 Å². The Labute approximate surface area is 108 Å². The van der Waals surface area contributed by atoms with Gasteiger partial charge in [0, 0.05) is 17.9 Å². The summed E-state index contributed by atoms with van der Waals surface area (Å²) in [4.78, 5) is 4.34. The Morgan fingerprint density at radius 3 is 2.72 bits per heavy atom. The molecule has 2 N–H and O–H groups in total. The molecule has 1 aromatic rings. The molecule has 0 unspecified atom stereocenters. The smallest absolute Gasteiger partial charge is 0.153 e. The zero-order valence-corrected chi connectivity index (χ0v) is 11.7. The lowest BCUT2D eigenvalue weighted by Crippen LogP contribution is -2.16. The summed E-state index contributed by atoms with van der Waals surface area (Å²) in [6, 6.07) is 3.65. The van der Waals surface area contributed by atoms with Crippen LogP contribution in [0.15, 0.2) is 12.1 Å². The topological polar surface area (TPSA) is 82.3 Å². The molecule has 18 heavy (non-hydrogen) atoms. The highest BCUT2D eigenvalue weighted by molar-refractivity contribution is 7.91. The standard InChI is InChI=1S/C12H20N2O3S/c1-3-18(15,16)9-8-17-12-5-4-10(2)14-11(12)6-7-13/h4-5H,3,6-9,13H2,1-2H3. The van der Waals surface area contributed by atoms with Crippen LogP contribution in [0.1, 0.15) is 18.3 Å². The Bertz CT molecular complexity index is 486. The zero-order chi connectivity index (χ0) is 13.6. The van der Waals surface area contributed by atoms with Crippen molar-refractivity contribution in [2.75, 3.05) is 24.7 Å². The molecule has 0 aliphatic rings. The fraction of sp³-hybridized carbons (Fsp3) is 0.583. The van der Waals surface area contributed by atoms with E-state index in [-0.39, 0.29) is 18.1 Å². The fourth-order valence-corrected chi connectivity index (χ4v) is 2.09. The fourth-order valence-electron chi connectivity index (χ4n) is 1.47. The summed E-state index contributed by atoms with van der Waals surface area (Å²) in [5.74, 6) is 0.787. The van der Waals surface area contributed by atoms with Crippen molar-refractivity contribution in [1.29, 1.82) is 0 Å². The monoisotopic (exact) mass is 272 g/mol. The molecule has 0 bridgehead atoms. The summed E-state index contributed by atoms with van der Waals surface area (Å²) >= 11 is 0. The molecule has 1 rings (SSSR count). The lowest BCUT2D eigenvalue weighted by Gasteiger charge is -2.10. The van der Waals surface area contributed by atoms with Crippen LogP contribution in [-0.4, -0.2) is 38.1 Å². The summed E-state index contributed by atoms with van der Waals surface area (Å²) in [6.45, 7) is 4.16. The SMILES string of the molecule is CCS(=O)(=O)CCOc1ccc(C)nc1CCN. The third-order valence-electron chi connectivity index (χ3n) is 2.54. The third-order valence-corrected chi connectivity index (χ3v) is 4.21. The van der Waals surface area contributed by atoms with E-state index >= 15 is 0 Å². The van der Waals surface area contributed by atoms with Crippen LogP contribution in [0, 0.1) is 6.92 Å². The van der Waals surface area contributed by atoms with Crippen molar-refractivity contribution in [3.8, 4) is 5.75 Å². The number of pyridine rings is 1. The van der Waals surface area contributed by atoms with Crippen molar-refractivity contribution in [2.24, 2.45) is 5.73 Å². The highest BCUT2D eigenvalue weighted by Crippen LogP contribution is 2.17. The van der Waals surface area contributed by atoms with E-state index in [4.69, 9.17) is 10.5 Å². The van der Waals surface area contributed by atoms with Crippen LogP contribution in [0.25, 0.3) is 0 Å². The summed E-state index contributed by atoms with van der Waals surface area (Å²) in [5, 5.41) is 0. The molecule has 5 nitrogen and oxygen atoms in total. The van der Waals surface area contributed by atoms with Crippen molar-refractivity contribution in [3.63, 3.8) is 0 Å². The normalized spacial score (nSPS) is 11.5. The van der Waals surface area contributed by atoms with Gasteiger partial charge in [-0.2, -0.15) is 0 Å². The minimum absolute atomic E-state index is 0.0272. The molecule has 6 heteroatoms. The Morgan fingerprint density at radius 2 is 2.11 bits per heavy atom. The van der Waals surface area contributed by atoms with Crippen LogP contribution in [0.4, 0.5) is 0 Å². The number of hydrogen-bond acceptors (Lipinski definition) is 5. The van der Waals surface area contributed by atoms with Crippen LogP contribution in [0.3, 0.4) is 0 Å². The molecule has 0 spiro atoms. The molecule has 0 atom stereocenters. The summed E-state index contributed by atoms with van der Waals surface area (Å²) in [5.41, 5.74) is 7.19. The zero-order valence-electron chi connectivity index (χ0n) is 10.8. The second kappa shape index (κ2) is 6.70. The molecular weight excluding hydrogens is 252 g/mol. The van der Waals surface area contributed by atoms with Crippen LogP contribution >= 0.6 is 0 Å². The number of sulfone groups is 1. The van der Waals surface area contributed by atoms with Gasteiger partial charge in [-0.25, -0.2) is 8.42 Å². The Kier molecular flexibility index (Phi) is 5.55. The second-order valence-corrected chi connectivity index (χ2v) is 6.49. The van der Waals surface area contributed by atoms with Gasteiger partial charge in [0.25, 0.3) is 0 Å². The summed E-state index contributed by atoms with van der Waals surface area (Å²) in [6.07, 6.45) is 0.623. The van der Waals surface area contributed by atoms with Gasteiger partial charge in [0.15, 0.2) is 9.84 Å². The molecular formula is C12H20N2O3S. The molecule has 1 heterocycles. The molecule has 1 aromatic heterocycles. The predicted molar refractivity (Wildman–Crippen MR) is 71.6 cm³/mol. The summed E-state index contributed by atoms with van der Waals surface area (Å²) in [7, 11) is -2.99. The number of nitrogens with two attached hydrogens (primary N) is 1. The molecule has 0 amide bonds. The largest absolute Gasteiger partial charge is 0.491 e. The quantitative estimate of drug-likeness (QED) is 0.790. The minimum Gasteiger partial charge on any atom is -0.491 e. The van der Waals surface area contributed by atoms with Crippen LogP contribution in [-0.2, 0) is 16.3 Å². The average Bonchev–Trinajstić information content (AvgIpc) is 2.32. The molecule has 0 saturated carbocycles. The van der Waals surface area contributed by atoms with E-state index < -0.39 is 9.84 Å². The lowest BCUT2D eigenvalue weighted by molar-refractivity contribution is 0.335. The Morgan fingerprint density at radius 1 is 1.39 bits per heavy atom. The first-order chi connectivity index (χ1) is 8.48. The van der Waals surface area contributed by atoms with Gasteiger partial charge in [-0.3, -0.25) is 4.98 Å². The van der Waals surface area contributed by atoms with Gasteiger partial charge >= 0.3 is 0 Å². The van der Waals surface area contributed by atoms with Crippen molar-refractivity contribution >= 4 is 9.84 Å². The van der Waals surface area contributed by atoms with Crippen molar-refractivity contribution in [3.05, 3.63) is 23.5 Å². The van der Waals surface area contributed by atoms with Crippen molar-refractivity contribution < 1.29 is 13.2 Å². The lowest BCUT2D eigenvalue weighted by atomic mass is 10.2. The van der Waals surface area contributed by atoms with E-state index in [0.717, 1.165) is 11.4 Å². The number of hydrogen-bond donors (Lipinski definition) is 1. The molecule has 0 aromatic carbocycles. The van der Waals surface area contributed by atoms with Crippen LogP contribution in [0.2, 0.25) is 0 Å². The Hall–Kier alpha value is -1.14. The maximum Gasteiger partial charge on any atom is 0.153 e. The number of aryl methyl sites for hydroxylation is 1. The first-order valence-corrected chi connectivity index (χ1v) is 7.80. The second-order valence-electron chi connectivity index (χ2n) is 4.02. The highest BCUT2D eigenvalue weighted by atomic mass is 32.2. The van der Waals surface area contributed by atoms with Crippen LogP contribution < -0.4 is 10.5 Å². The van der Waals surface area contributed by atoms with E-state index in [2.05, 4.69) is 4.98 Å². The molecule has 0 aliphatic heterocycles. The summed E-state index contributed by atoms with van der Waals surface area (Å²) < 4.78 is 28.2. The number of rotatable bonds is 7. The van der Waals surface area contributed by atoms with Gasteiger partial charge in [-0.1, -0.05) is 6.92 Å². The van der Waals surface area contributed by atoms with Gasteiger partial charge < -0.3 is 10.5 Å². The molecule has 0 saturated heterocycles. The highest BCUT2D eigenvalue weighted by Gasteiger charge is 2.09. The first-order valence-electron chi connectivity index (χ1n) is 5.98. The van der Waals surface area contributed by atoms with Gasteiger partial charge in [0.05, 0.1) is 11.4 Å². The van der Waals surface area contributed by atoms with E-state index in [9.17, 15) is 8.42 Å². The first kappa shape index (κ1) is 14.9. The van der Waals surface area contributed by atoms with E-state index in [1.165, 1.54) is 0 Å². The number of aromatic nitrogens is 1. The Balaban J connectivity index is 2.67. The molecule has 0 fully saturated rings. The molecule has 0 radical (unpaired) electrons. The third kappa shape index (κ3) is 4.62. The van der Waals surface area contributed by atoms with Crippen LogP contribution in [0.5, 0.6) is 5.75 Å². The minimum atomic E-state index is -2.99. The van der Waals surface area contributed by atoms with Crippen molar-refractivity contribution in [2.45, 2.75) is 20.3 Å². The van der Waals surface area contributed by atoms with Gasteiger partial charge in [0.2, 0.25) is 0 Å². The van der Waals surface area contributed by atoms with Gasteiger partial charge in [-0.05, 0) is 25.6 Å². The number of nitrogens with zero attached hydrogens (tertiary/aromatic N) is 1. The predicted octanol–water partition coefficient (Wildman–Crippen LogP) is 0.705. The van der Waals surface area contributed by atoms with E-state index in [0.29, 0.717) is 18.7 Å². The molecule has 102 valence electrons. The number of ether oxygens (including phenoxy) is 1. The molecule has 0 aliphatic carbocycles. The van der Waals surface area contributed by atoms with E-state index in [1.807, 2.05) is 19.1 Å². The maximum atomic E-state index is 11.3. The average molecular weight is 272 g/mol. The maximum absolute atomic E-state index is 11.3. The van der Waals surface area contributed by atoms with Gasteiger partial charge in [0.1, 0.15) is 12.4 Å². The van der Waals surface area contributed by atoms with Gasteiger partial charge in [-0.15, -0.1) is 0 Å².